The fourth-order valence-corrected chi connectivity index (χ4v) is 6.61. The minimum Gasteiger partial charge on any atom is -0.252 e. The summed E-state index contributed by atoms with van der Waals surface area (Å²) in [6.45, 7) is 0. The molecule has 37 heavy (non-hydrogen) atoms. The van der Waals surface area contributed by atoms with Gasteiger partial charge in [-0.05, 0) is 46.2 Å². The second-order valence-electron chi connectivity index (χ2n) is 9.43. The average molecular weight is 489 g/mol. The highest BCUT2D eigenvalue weighted by Crippen LogP contribution is 2.37. The number of fused-ring (bicyclic) bond motifs is 9. The molecule has 0 atom stereocenters. The minimum atomic E-state index is 0.886. The van der Waals surface area contributed by atoms with Gasteiger partial charge in [0.25, 0.3) is 0 Å². The topological polar surface area (TPSA) is 25.8 Å². The van der Waals surface area contributed by atoms with Crippen molar-refractivity contribution in [1.29, 1.82) is 0 Å². The van der Waals surface area contributed by atoms with Crippen molar-refractivity contribution in [1.82, 2.24) is 9.97 Å². The van der Waals surface area contributed by atoms with Crippen LogP contribution in [0.15, 0.2) is 121 Å². The molecule has 2 nitrogen and oxygen atoms in total. The van der Waals surface area contributed by atoms with E-state index in [0.29, 0.717) is 0 Å². The van der Waals surface area contributed by atoms with Gasteiger partial charge >= 0.3 is 0 Å². The van der Waals surface area contributed by atoms with E-state index in [0.717, 1.165) is 33.1 Å². The van der Waals surface area contributed by atoms with Crippen molar-refractivity contribution in [2.75, 3.05) is 0 Å². The number of aromatic nitrogens is 2. The standard InChI is InChI=1S/C34H20N2S/c1-3-13-27-24(10-1)25-11-2-4-14-28(25)34-33(27)35-20-30(36-34)23-9-7-8-21(18-23)22-16-17-32-29(19-22)26-12-5-6-15-31(26)37-32/h1-20H. The van der Waals surface area contributed by atoms with Crippen LogP contribution in [0.3, 0.4) is 0 Å². The van der Waals surface area contributed by atoms with E-state index in [1.54, 1.807) is 0 Å². The molecule has 6 aromatic carbocycles. The fraction of sp³-hybridized carbons (Fsp3) is 0. The van der Waals surface area contributed by atoms with Gasteiger partial charge in [-0.3, -0.25) is 4.98 Å². The maximum absolute atomic E-state index is 5.18. The molecule has 8 rings (SSSR count). The van der Waals surface area contributed by atoms with Crippen molar-refractivity contribution >= 4 is 64.1 Å². The Morgan fingerprint density at radius 1 is 0.432 bits per heavy atom. The van der Waals surface area contributed by atoms with E-state index in [1.807, 2.05) is 17.5 Å². The van der Waals surface area contributed by atoms with Gasteiger partial charge < -0.3 is 0 Å². The lowest BCUT2D eigenvalue weighted by atomic mass is 9.98. The number of benzene rings is 6. The first-order valence-electron chi connectivity index (χ1n) is 12.4. The van der Waals surface area contributed by atoms with Gasteiger partial charge in [0.2, 0.25) is 0 Å². The first kappa shape index (κ1) is 20.6. The van der Waals surface area contributed by atoms with Crippen molar-refractivity contribution < 1.29 is 0 Å². The molecule has 0 unspecified atom stereocenters. The number of hydrogen-bond acceptors (Lipinski definition) is 3. The Balaban J connectivity index is 1.31. The smallest absolute Gasteiger partial charge is 0.0979 e. The largest absolute Gasteiger partial charge is 0.252 e. The van der Waals surface area contributed by atoms with Crippen molar-refractivity contribution in [2.45, 2.75) is 0 Å². The van der Waals surface area contributed by atoms with E-state index in [1.165, 1.54) is 42.1 Å². The van der Waals surface area contributed by atoms with Gasteiger partial charge in [0, 0.05) is 36.5 Å². The minimum absolute atomic E-state index is 0.886. The Kier molecular flexibility index (Phi) is 4.42. The number of nitrogens with zero attached hydrogens (tertiary/aromatic N) is 2. The van der Waals surface area contributed by atoms with Crippen molar-refractivity contribution in [3.8, 4) is 22.4 Å². The Morgan fingerprint density at radius 3 is 1.86 bits per heavy atom. The van der Waals surface area contributed by atoms with Gasteiger partial charge in [-0.25, -0.2) is 4.98 Å². The van der Waals surface area contributed by atoms with E-state index in [2.05, 4.69) is 115 Å². The van der Waals surface area contributed by atoms with E-state index in [-0.39, 0.29) is 0 Å². The fourth-order valence-electron chi connectivity index (χ4n) is 5.53. The molecule has 0 radical (unpaired) electrons. The molecule has 0 aliphatic carbocycles. The Morgan fingerprint density at radius 2 is 1.05 bits per heavy atom. The van der Waals surface area contributed by atoms with Crippen LogP contribution in [0.4, 0.5) is 0 Å². The highest BCUT2D eigenvalue weighted by atomic mass is 32.1. The van der Waals surface area contributed by atoms with E-state index in [4.69, 9.17) is 9.97 Å². The zero-order chi connectivity index (χ0) is 24.3. The third-order valence-electron chi connectivity index (χ3n) is 7.30. The van der Waals surface area contributed by atoms with Gasteiger partial charge in [0.1, 0.15) is 0 Å². The average Bonchev–Trinajstić information content (AvgIpc) is 3.35. The van der Waals surface area contributed by atoms with Crippen LogP contribution in [0.2, 0.25) is 0 Å². The van der Waals surface area contributed by atoms with Gasteiger partial charge in [0.05, 0.1) is 22.9 Å². The van der Waals surface area contributed by atoms with Crippen molar-refractivity contribution in [3.05, 3.63) is 121 Å². The predicted octanol–water partition coefficient (Wildman–Crippen LogP) is 9.64. The van der Waals surface area contributed by atoms with Gasteiger partial charge in [-0.2, -0.15) is 0 Å². The normalized spacial score (nSPS) is 11.8. The van der Waals surface area contributed by atoms with Gasteiger partial charge in [-0.15, -0.1) is 11.3 Å². The van der Waals surface area contributed by atoms with Crippen LogP contribution in [0, 0.1) is 0 Å². The molecule has 172 valence electrons. The maximum atomic E-state index is 5.18. The Bertz CT molecular complexity index is 2120. The molecule has 2 heterocycles. The quantitative estimate of drug-likeness (QED) is 0.226. The summed E-state index contributed by atoms with van der Waals surface area (Å²) in [5.74, 6) is 0. The number of thiophene rings is 1. The molecule has 2 aromatic heterocycles. The van der Waals surface area contributed by atoms with Crippen LogP contribution in [0.25, 0.3) is 75.1 Å². The second kappa shape index (κ2) is 7.95. The third-order valence-corrected chi connectivity index (χ3v) is 8.45. The van der Waals surface area contributed by atoms with E-state index in [9.17, 15) is 0 Å². The summed E-state index contributed by atoms with van der Waals surface area (Å²) >= 11 is 1.85. The van der Waals surface area contributed by atoms with Gasteiger partial charge in [0.15, 0.2) is 0 Å². The zero-order valence-corrected chi connectivity index (χ0v) is 20.7. The first-order valence-corrected chi connectivity index (χ1v) is 13.2. The zero-order valence-electron chi connectivity index (χ0n) is 19.8. The lowest BCUT2D eigenvalue weighted by Crippen LogP contribution is -1.92. The summed E-state index contributed by atoms with van der Waals surface area (Å²) in [6.07, 6.45) is 1.91. The predicted molar refractivity (Wildman–Crippen MR) is 158 cm³/mol. The summed E-state index contributed by atoms with van der Waals surface area (Å²) in [5, 5.41) is 7.33. The Hall–Kier alpha value is -4.60. The number of hydrogen-bond donors (Lipinski definition) is 0. The van der Waals surface area contributed by atoms with E-state index >= 15 is 0 Å². The maximum Gasteiger partial charge on any atom is 0.0979 e. The van der Waals surface area contributed by atoms with Crippen molar-refractivity contribution in [2.24, 2.45) is 0 Å². The molecule has 0 amide bonds. The second-order valence-corrected chi connectivity index (χ2v) is 10.5. The highest BCUT2D eigenvalue weighted by Gasteiger charge is 2.13. The van der Waals surface area contributed by atoms with Crippen LogP contribution in [0.1, 0.15) is 0 Å². The summed E-state index contributed by atoms with van der Waals surface area (Å²) in [6, 6.07) is 41.1. The summed E-state index contributed by atoms with van der Waals surface area (Å²) in [4.78, 5) is 10.1. The van der Waals surface area contributed by atoms with E-state index < -0.39 is 0 Å². The van der Waals surface area contributed by atoms with Crippen LogP contribution in [-0.4, -0.2) is 9.97 Å². The molecule has 0 fully saturated rings. The van der Waals surface area contributed by atoms with Crippen molar-refractivity contribution in [3.63, 3.8) is 0 Å². The molecular formula is C34H20N2S. The monoisotopic (exact) mass is 488 g/mol. The molecule has 0 N–H and O–H groups in total. The Labute approximate surface area is 217 Å². The van der Waals surface area contributed by atoms with Gasteiger partial charge in [-0.1, -0.05) is 91.0 Å². The van der Waals surface area contributed by atoms with Crippen LogP contribution in [0.5, 0.6) is 0 Å². The molecule has 0 spiro atoms. The highest BCUT2D eigenvalue weighted by molar-refractivity contribution is 7.25. The molecule has 0 aliphatic rings. The SMILES string of the molecule is c1cc(-c2ccc3sc4ccccc4c3c2)cc(-c2cnc3c4ccccc4c4ccccc4c3n2)c1. The van der Waals surface area contributed by atoms with Crippen LogP contribution in [-0.2, 0) is 0 Å². The summed E-state index contributed by atoms with van der Waals surface area (Å²) < 4.78 is 2.65. The molecular weight excluding hydrogens is 468 g/mol. The summed E-state index contributed by atoms with van der Waals surface area (Å²) in [5.41, 5.74) is 6.24. The lowest BCUT2D eigenvalue weighted by molar-refractivity contribution is 1.31. The summed E-state index contributed by atoms with van der Waals surface area (Å²) in [7, 11) is 0. The van der Waals surface area contributed by atoms with Crippen LogP contribution < -0.4 is 0 Å². The van der Waals surface area contributed by atoms with Crippen LogP contribution >= 0.6 is 11.3 Å². The molecule has 0 aliphatic heterocycles. The third kappa shape index (κ3) is 3.18. The molecule has 0 saturated heterocycles. The lowest BCUT2D eigenvalue weighted by Gasteiger charge is -2.11. The molecule has 3 heteroatoms. The molecule has 8 aromatic rings. The molecule has 0 bridgehead atoms. The first-order chi connectivity index (χ1) is 18.3. The molecule has 0 saturated carbocycles. The number of rotatable bonds is 2.